The van der Waals surface area contributed by atoms with E-state index in [4.69, 9.17) is 14.2 Å². The van der Waals surface area contributed by atoms with E-state index >= 15 is 0 Å². The van der Waals surface area contributed by atoms with Crippen molar-refractivity contribution in [1.29, 1.82) is 0 Å². The van der Waals surface area contributed by atoms with Crippen molar-refractivity contribution in [3.63, 3.8) is 0 Å². The molecule has 31 heavy (non-hydrogen) atoms. The summed E-state index contributed by atoms with van der Waals surface area (Å²) in [5.41, 5.74) is 1.21. The lowest BCUT2D eigenvalue weighted by molar-refractivity contribution is -0.127. The number of imide groups is 1. The van der Waals surface area contributed by atoms with Gasteiger partial charge in [0.15, 0.2) is 11.5 Å². The fourth-order valence-electron chi connectivity index (χ4n) is 2.88. The Hall–Kier alpha value is -3.46. The summed E-state index contributed by atoms with van der Waals surface area (Å²) in [5.74, 6) is 0.751. The van der Waals surface area contributed by atoms with Crippen molar-refractivity contribution in [1.82, 2.24) is 4.90 Å². The summed E-state index contributed by atoms with van der Waals surface area (Å²) in [4.78, 5) is 38.5. The number of methoxy groups -OCH3 is 2. The monoisotopic (exact) mass is 442 g/mol. The summed E-state index contributed by atoms with van der Waals surface area (Å²) >= 11 is 0.786. The van der Waals surface area contributed by atoms with Crippen LogP contribution in [0.4, 0.5) is 10.5 Å². The number of nitrogens with zero attached hydrogens (tertiary/aromatic N) is 1. The molecular formula is C22H22N2O6S. The van der Waals surface area contributed by atoms with Crippen molar-refractivity contribution in [2.45, 2.75) is 6.92 Å². The summed E-state index contributed by atoms with van der Waals surface area (Å²) in [6, 6.07) is 12.0. The number of carbonyl (C=O) groups is 3. The van der Waals surface area contributed by atoms with Crippen LogP contribution in [0.3, 0.4) is 0 Å². The zero-order valence-electron chi connectivity index (χ0n) is 17.3. The number of hydrogen-bond acceptors (Lipinski definition) is 7. The Labute approximate surface area is 184 Å². The minimum atomic E-state index is -0.522. The smallest absolute Gasteiger partial charge is 0.294 e. The predicted molar refractivity (Wildman–Crippen MR) is 118 cm³/mol. The van der Waals surface area contributed by atoms with Crippen molar-refractivity contribution >= 4 is 40.6 Å². The zero-order chi connectivity index (χ0) is 22.4. The van der Waals surface area contributed by atoms with E-state index in [1.54, 1.807) is 48.5 Å². The van der Waals surface area contributed by atoms with Gasteiger partial charge in [0.1, 0.15) is 12.3 Å². The zero-order valence-corrected chi connectivity index (χ0v) is 18.2. The van der Waals surface area contributed by atoms with Crippen LogP contribution in [0, 0.1) is 0 Å². The molecule has 8 nitrogen and oxygen atoms in total. The number of ether oxygens (including phenoxy) is 3. The van der Waals surface area contributed by atoms with Gasteiger partial charge in [0.2, 0.25) is 5.91 Å². The van der Waals surface area contributed by atoms with Crippen molar-refractivity contribution in [2.75, 3.05) is 32.7 Å². The quantitative estimate of drug-likeness (QED) is 0.622. The van der Waals surface area contributed by atoms with Crippen LogP contribution in [-0.2, 0) is 9.59 Å². The van der Waals surface area contributed by atoms with E-state index < -0.39 is 17.1 Å². The molecule has 0 saturated carbocycles. The molecule has 9 heteroatoms. The van der Waals surface area contributed by atoms with Crippen molar-refractivity contribution in [3.8, 4) is 17.2 Å². The van der Waals surface area contributed by atoms with Gasteiger partial charge in [-0.3, -0.25) is 19.3 Å². The van der Waals surface area contributed by atoms with Crippen LogP contribution in [0.15, 0.2) is 47.4 Å². The average molecular weight is 442 g/mol. The molecule has 2 aromatic carbocycles. The second-order valence-electron chi connectivity index (χ2n) is 6.39. The number of carbonyl (C=O) groups excluding carboxylic acids is 3. The minimum Gasteiger partial charge on any atom is -0.494 e. The first-order valence-electron chi connectivity index (χ1n) is 9.45. The van der Waals surface area contributed by atoms with Crippen LogP contribution in [0.1, 0.15) is 12.5 Å². The van der Waals surface area contributed by atoms with Gasteiger partial charge in [-0.2, -0.15) is 0 Å². The second kappa shape index (κ2) is 10.0. The van der Waals surface area contributed by atoms with Crippen molar-refractivity contribution in [2.24, 2.45) is 0 Å². The SMILES string of the molecule is CCOc1ccc(NC(=O)CN2C(=O)S/C(=C/c3ccc(OC)c(OC)c3)C2=O)cc1. The normalized spacial score (nSPS) is 14.7. The number of anilines is 1. The van der Waals surface area contributed by atoms with Gasteiger partial charge in [-0.05, 0) is 66.7 Å². The topological polar surface area (TPSA) is 94.2 Å². The molecule has 3 rings (SSSR count). The van der Waals surface area contributed by atoms with Crippen LogP contribution in [-0.4, -0.2) is 49.3 Å². The molecule has 1 fully saturated rings. The molecule has 1 aliphatic rings. The van der Waals surface area contributed by atoms with Gasteiger partial charge < -0.3 is 19.5 Å². The summed E-state index contributed by atoms with van der Waals surface area (Å²) in [7, 11) is 3.04. The molecule has 0 spiro atoms. The lowest BCUT2D eigenvalue weighted by Crippen LogP contribution is -2.36. The molecule has 0 aromatic heterocycles. The lowest BCUT2D eigenvalue weighted by atomic mass is 10.2. The second-order valence-corrected chi connectivity index (χ2v) is 7.38. The number of hydrogen-bond donors (Lipinski definition) is 1. The van der Waals surface area contributed by atoms with E-state index in [-0.39, 0.29) is 11.4 Å². The molecule has 162 valence electrons. The van der Waals surface area contributed by atoms with Gasteiger partial charge >= 0.3 is 0 Å². The van der Waals surface area contributed by atoms with Gasteiger partial charge in [0, 0.05) is 5.69 Å². The Kier molecular flexibility index (Phi) is 7.19. The van der Waals surface area contributed by atoms with Gasteiger partial charge in [-0.25, -0.2) is 0 Å². The molecule has 1 N–H and O–H groups in total. The van der Waals surface area contributed by atoms with E-state index in [9.17, 15) is 14.4 Å². The highest BCUT2D eigenvalue weighted by Gasteiger charge is 2.36. The Morgan fingerprint density at radius 3 is 2.42 bits per heavy atom. The molecule has 1 heterocycles. The largest absolute Gasteiger partial charge is 0.494 e. The molecule has 1 aliphatic heterocycles. The van der Waals surface area contributed by atoms with Gasteiger partial charge in [0.05, 0.1) is 25.7 Å². The van der Waals surface area contributed by atoms with Crippen LogP contribution < -0.4 is 19.5 Å². The van der Waals surface area contributed by atoms with E-state index in [0.717, 1.165) is 16.7 Å². The minimum absolute atomic E-state index is 0.228. The maximum absolute atomic E-state index is 12.7. The molecule has 0 radical (unpaired) electrons. The van der Waals surface area contributed by atoms with E-state index in [0.29, 0.717) is 35.1 Å². The highest BCUT2D eigenvalue weighted by atomic mass is 32.2. The van der Waals surface area contributed by atoms with Gasteiger partial charge in [-0.15, -0.1) is 0 Å². The third-order valence-corrected chi connectivity index (χ3v) is 5.24. The first kappa shape index (κ1) is 22.2. The highest BCUT2D eigenvalue weighted by molar-refractivity contribution is 8.18. The molecule has 3 amide bonds. The summed E-state index contributed by atoms with van der Waals surface area (Å²) in [6.45, 7) is 2.05. The Bertz CT molecular complexity index is 1020. The van der Waals surface area contributed by atoms with Crippen molar-refractivity contribution in [3.05, 3.63) is 52.9 Å². The van der Waals surface area contributed by atoms with Crippen LogP contribution in [0.2, 0.25) is 0 Å². The fourth-order valence-corrected chi connectivity index (χ4v) is 3.71. The van der Waals surface area contributed by atoms with E-state index in [1.165, 1.54) is 14.2 Å². The Morgan fingerprint density at radius 2 is 1.77 bits per heavy atom. The summed E-state index contributed by atoms with van der Waals surface area (Å²) < 4.78 is 15.8. The molecule has 1 saturated heterocycles. The first-order valence-corrected chi connectivity index (χ1v) is 10.3. The number of thioether (sulfide) groups is 1. The van der Waals surface area contributed by atoms with Gasteiger partial charge in [-0.1, -0.05) is 6.07 Å². The summed E-state index contributed by atoms with van der Waals surface area (Å²) in [6.07, 6.45) is 1.58. The van der Waals surface area contributed by atoms with Crippen LogP contribution >= 0.6 is 11.8 Å². The first-order chi connectivity index (χ1) is 14.9. The predicted octanol–water partition coefficient (Wildman–Crippen LogP) is 3.78. The average Bonchev–Trinajstić information content (AvgIpc) is 3.02. The molecule has 0 unspecified atom stereocenters. The molecular weight excluding hydrogens is 420 g/mol. The fraction of sp³-hybridized carbons (Fsp3) is 0.227. The van der Waals surface area contributed by atoms with Crippen LogP contribution in [0.5, 0.6) is 17.2 Å². The maximum atomic E-state index is 12.7. The number of amides is 3. The van der Waals surface area contributed by atoms with Crippen molar-refractivity contribution < 1.29 is 28.6 Å². The molecule has 0 atom stereocenters. The summed E-state index contributed by atoms with van der Waals surface area (Å²) in [5, 5.41) is 2.17. The lowest BCUT2D eigenvalue weighted by Gasteiger charge is -2.13. The Balaban J connectivity index is 1.67. The Morgan fingerprint density at radius 1 is 1.06 bits per heavy atom. The standard InChI is InChI=1S/C22H22N2O6S/c1-4-30-16-8-6-15(7-9-16)23-20(25)13-24-21(26)19(31-22(24)27)12-14-5-10-17(28-2)18(11-14)29-3/h5-12H,4,13H2,1-3H3,(H,23,25)/b19-12+. The molecule has 2 aromatic rings. The number of benzene rings is 2. The third kappa shape index (κ3) is 5.37. The molecule has 0 aliphatic carbocycles. The number of nitrogens with one attached hydrogen (secondary N) is 1. The van der Waals surface area contributed by atoms with Crippen LogP contribution in [0.25, 0.3) is 6.08 Å². The van der Waals surface area contributed by atoms with E-state index in [1.807, 2.05) is 6.92 Å². The molecule has 0 bridgehead atoms. The van der Waals surface area contributed by atoms with E-state index in [2.05, 4.69) is 5.32 Å². The highest BCUT2D eigenvalue weighted by Crippen LogP contribution is 2.34. The maximum Gasteiger partial charge on any atom is 0.294 e. The van der Waals surface area contributed by atoms with Gasteiger partial charge in [0.25, 0.3) is 11.1 Å². The number of rotatable bonds is 8. The third-order valence-electron chi connectivity index (χ3n) is 4.33.